The van der Waals surface area contributed by atoms with Crippen molar-refractivity contribution in [2.24, 2.45) is 11.8 Å². The van der Waals surface area contributed by atoms with Crippen molar-refractivity contribution in [3.8, 4) is 0 Å². The molecule has 0 radical (unpaired) electrons. The van der Waals surface area contributed by atoms with E-state index < -0.39 is 5.97 Å². The van der Waals surface area contributed by atoms with E-state index in [-0.39, 0.29) is 17.7 Å². The highest BCUT2D eigenvalue weighted by Gasteiger charge is 2.33. The van der Waals surface area contributed by atoms with Gasteiger partial charge in [0.05, 0.1) is 17.6 Å². The minimum Gasteiger partial charge on any atom is -0.481 e. The van der Waals surface area contributed by atoms with Crippen molar-refractivity contribution in [1.82, 2.24) is 10.2 Å². The second-order valence-corrected chi connectivity index (χ2v) is 5.21. The lowest BCUT2D eigenvalue weighted by atomic mass is 10.0. The van der Waals surface area contributed by atoms with Gasteiger partial charge in [-0.25, -0.2) is 0 Å². The average Bonchev–Trinajstić information content (AvgIpc) is 3.07. The normalized spacial score (nSPS) is 22.0. The van der Waals surface area contributed by atoms with Crippen molar-refractivity contribution in [1.29, 1.82) is 0 Å². The van der Waals surface area contributed by atoms with Gasteiger partial charge in [0.1, 0.15) is 0 Å². The highest BCUT2D eigenvalue weighted by Crippen LogP contribution is 2.32. The number of nitrogens with one attached hydrogen (secondary N) is 2. The third-order valence-corrected chi connectivity index (χ3v) is 3.86. The van der Waals surface area contributed by atoms with Crippen LogP contribution in [-0.4, -0.2) is 27.2 Å². The molecule has 1 saturated carbocycles. The summed E-state index contributed by atoms with van der Waals surface area (Å²) in [5, 5.41) is 19.6. The fourth-order valence-electron chi connectivity index (χ4n) is 2.70. The molecule has 2 aromatic rings. The number of aromatic amines is 1. The number of H-pyrrole nitrogens is 1. The third kappa shape index (κ3) is 2.36. The number of aliphatic carboxylic acids is 1. The van der Waals surface area contributed by atoms with Gasteiger partial charge in [0.15, 0.2) is 0 Å². The summed E-state index contributed by atoms with van der Waals surface area (Å²) >= 11 is 0. The quantitative estimate of drug-likeness (QED) is 0.797. The van der Waals surface area contributed by atoms with Gasteiger partial charge in [-0.2, -0.15) is 5.10 Å². The Labute approximate surface area is 115 Å². The van der Waals surface area contributed by atoms with E-state index in [1.807, 2.05) is 18.2 Å². The maximum Gasteiger partial charge on any atom is 0.306 e. The second kappa shape index (κ2) is 4.96. The van der Waals surface area contributed by atoms with Crippen molar-refractivity contribution in [3.63, 3.8) is 0 Å². The lowest BCUT2D eigenvalue weighted by Crippen LogP contribution is -2.21. The highest BCUT2D eigenvalue weighted by atomic mass is 16.4. The Morgan fingerprint density at radius 1 is 1.30 bits per heavy atom. The van der Waals surface area contributed by atoms with Crippen molar-refractivity contribution in [2.45, 2.75) is 19.3 Å². The van der Waals surface area contributed by atoms with Crippen molar-refractivity contribution >= 4 is 28.5 Å². The molecule has 1 fully saturated rings. The summed E-state index contributed by atoms with van der Waals surface area (Å²) in [6.07, 6.45) is 3.35. The fourth-order valence-corrected chi connectivity index (χ4v) is 2.70. The van der Waals surface area contributed by atoms with E-state index in [9.17, 15) is 9.59 Å². The van der Waals surface area contributed by atoms with E-state index in [1.165, 1.54) is 0 Å². The number of hydrogen-bond donors (Lipinski definition) is 3. The number of nitrogens with zero attached hydrogens (tertiary/aromatic N) is 1. The van der Waals surface area contributed by atoms with Crippen LogP contribution < -0.4 is 5.32 Å². The van der Waals surface area contributed by atoms with Crippen LogP contribution in [0.15, 0.2) is 24.4 Å². The van der Waals surface area contributed by atoms with Crippen LogP contribution in [0.3, 0.4) is 0 Å². The molecule has 1 amide bonds. The Balaban J connectivity index is 1.68. The van der Waals surface area contributed by atoms with E-state index in [0.717, 1.165) is 10.9 Å². The van der Waals surface area contributed by atoms with Crippen LogP contribution in [0.2, 0.25) is 0 Å². The molecule has 0 aliphatic heterocycles. The Kier molecular flexibility index (Phi) is 3.14. The van der Waals surface area contributed by atoms with Gasteiger partial charge in [-0.3, -0.25) is 14.7 Å². The maximum absolute atomic E-state index is 12.1. The van der Waals surface area contributed by atoms with Crippen LogP contribution in [0.5, 0.6) is 0 Å². The second-order valence-electron chi connectivity index (χ2n) is 5.21. The number of carboxylic acids is 1. The number of hydrogen-bond acceptors (Lipinski definition) is 3. The standard InChI is InChI=1S/C14H15N3O3/c18-13(8-1-2-9(5-8)14(19)20)16-11-4-3-10-7-15-17-12(10)6-11/h3-4,6-9H,1-2,5H2,(H,15,17)(H,16,18)(H,19,20)/t8-,9+/m1/s1. The number of benzene rings is 1. The van der Waals surface area contributed by atoms with Crippen LogP contribution in [0.4, 0.5) is 5.69 Å². The van der Waals surface area contributed by atoms with E-state index in [1.54, 1.807) is 6.20 Å². The molecule has 1 aliphatic rings. The number of carbonyl (C=O) groups is 2. The van der Waals surface area contributed by atoms with E-state index in [4.69, 9.17) is 5.11 Å². The first-order chi connectivity index (χ1) is 9.63. The largest absolute Gasteiger partial charge is 0.481 e. The lowest BCUT2D eigenvalue weighted by Gasteiger charge is -2.10. The third-order valence-electron chi connectivity index (χ3n) is 3.86. The number of rotatable bonds is 3. The number of fused-ring (bicyclic) bond motifs is 1. The predicted octanol–water partition coefficient (Wildman–Crippen LogP) is 2.00. The molecule has 1 aromatic carbocycles. The van der Waals surface area contributed by atoms with Crippen LogP contribution in [-0.2, 0) is 9.59 Å². The summed E-state index contributed by atoms with van der Waals surface area (Å²) in [6, 6.07) is 5.52. The number of anilines is 1. The van der Waals surface area contributed by atoms with E-state index in [0.29, 0.717) is 24.9 Å². The minimum atomic E-state index is -0.806. The topological polar surface area (TPSA) is 95.1 Å². The average molecular weight is 273 g/mol. The first-order valence-corrected chi connectivity index (χ1v) is 6.60. The van der Waals surface area contributed by atoms with Crippen LogP contribution in [0.1, 0.15) is 19.3 Å². The van der Waals surface area contributed by atoms with Crippen LogP contribution in [0.25, 0.3) is 10.9 Å². The molecule has 0 unspecified atom stereocenters. The molecule has 3 N–H and O–H groups in total. The molecule has 0 spiro atoms. The molecule has 6 nitrogen and oxygen atoms in total. The molecule has 1 aromatic heterocycles. The molecule has 20 heavy (non-hydrogen) atoms. The zero-order chi connectivity index (χ0) is 14.1. The smallest absolute Gasteiger partial charge is 0.306 e. The Hall–Kier alpha value is -2.37. The van der Waals surface area contributed by atoms with Crippen molar-refractivity contribution in [2.75, 3.05) is 5.32 Å². The summed E-state index contributed by atoms with van der Waals surface area (Å²) < 4.78 is 0. The first-order valence-electron chi connectivity index (χ1n) is 6.60. The Morgan fingerprint density at radius 3 is 2.85 bits per heavy atom. The zero-order valence-electron chi connectivity index (χ0n) is 10.8. The SMILES string of the molecule is O=C(O)[C@H]1CC[C@@H](C(=O)Nc2ccc3cn[nH]c3c2)C1. The molecule has 0 saturated heterocycles. The molecular formula is C14H15N3O3. The molecule has 1 aliphatic carbocycles. The minimum absolute atomic E-state index is 0.104. The van der Waals surface area contributed by atoms with Gasteiger partial charge in [0.2, 0.25) is 5.91 Å². The van der Waals surface area contributed by atoms with Crippen LogP contribution >= 0.6 is 0 Å². The number of carbonyl (C=O) groups excluding carboxylic acids is 1. The summed E-state index contributed by atoms with van der Waals surface area (Å²) in [4.78, 5) is 23.0. The number of aromatic nitrogens is 2. The first kappa shape index (κ1) is 12.7. The molecule has 6 heteroatoms. The van der Waals surface area contributed by atoms with E-state index in [2.05, 4.69) is 15.5 Å². The summed E-state index contributed by atoms with van der Waals surface area (Å²) in [5.74, 6) is -1.51. The summed E-state index contributed by atoms with van der Waals surface area (Å²) in [7, 11) is 0. The van der Waals surface area contributed by atoms with Gasteiger partial charge in [-0.05, 0) is 37.5 Å². The summed E-state index contributed by atoms with van der Waals surface area (Å²) in [5.41, 5.74) is 1.56. The van der Waals surface area contributed by atoms with E-state index >= 15 is 0 Å². The molecule has 104 valence electrons. The lowest BCUT2D eigenvalue weighted by molar-refractivity contribution is -0.141. The van der Waals surface area contributed by atoms with Gasteiger partial charge in [-0.15, -0.1) is 0 Å². The molecule has 2 atom stereocenters. The Bertz CT molecular complexity index is 664. The Morgan fingerprint density at radius 2 is 2.10 bits per heavy atom. The molecule has 1 heterocycles. The highest BCUT2D eigenvalue weighted by molar-refractivity contribution is 5.95. The van der Waals surface area contributed by atoms with Gasteiger partial charge in [0, 0.05) is 17.0 Å². The van der Waals surface area contributed by atoms with Crippen molar-refractivity contribution < 1.29 is 14.7 Å². The van der Waals surface area contributed by atoms with Gasteiger partial charge in [0.25, 0.3) is 0 Å². The molecular weight excluding hydrogens is 258 g/mol. The fraction of sp³-hybridized carbons (Fsp3) is 0.357. The van der Waals surface area contributed by atoms with Crippen molar-refractivity contribution in [3.05, 3.63) is 24.4 Å². The molecule has 3 rings (SSSR count). The molecule has 0 bridgehead atoms. The van der Waals surface area contributed by atoms with Gasteiger partial charge in [-0.1, -0.05) is 0 Å². The number of amides is 1. The van der Waals surface area contributed by atoms with Gasteiger partial charge >= 0.3 is 5.97 Å². The number of carboxylic acid groups (broad SMARTS) is 1. The summed E-state index contributed by atoms with van der Waals surface area (Å²) in [6.45, 7) is 0. The van der Waals surface area contributed by atoms with Gasteiger partial charge < -0.3 is 10.4 Å². The van der Waals surface area contributed by atoms with Crippen LogP contribution in [0, 0.1) is 11.8 Å². The predicted molar refractivity (Wildman–Crippen MR) is 73.2 cm³/mol. The monoisotopic (exact) mass is 273 g/mol. The zero-order valence-corrected chi connectivity index (χ0v) is 10.8. The maximum atomic E-state index is 12.1.